The molecular formula is C21H24BrF2N3O2. The topological polar surface area (TPSA) is 55.3 Å². The highest BCUT2D eigenvalue weighted by Crippen LogP contribution is 2.32. The summed E-state index contributed by atoms with van der Waals surface area (Å²) < 4.78 is 32.0. The van der Waals surface area contributed by atoms with Crippen molar-refractivity contribution < 1.29 is 18.3 Å². The van der Waals surface area contributed by atoms with Crippen LogP contribution in [0.2, 0.25) is 0 Å². The molecular weight excluding hydrogens is 444 g/mol. The fraction of sp³-hybridized carbons (Fsp3) is 0.381. The van der Waals surface area contributed by atoms with Crippen LogP contribution in [-0.2, 0) is 4.79 Å². The van der Waals surface area contributed by atoms with Gasteiger partial charge in [0.2, 0.25) is 5.88 Å². The van der Waals surface area contributed by atoms with Crippen LogP contribution in [0.25, 0.3) is 0 Å². The number of carbonyl (C=O) groups excluding carboxylic acids is 1. The quantitative estimate of drug-likeness (QED) is 0.255. The maximum absolute atomic E-state index is 13.1. The van der Waals surface area contributed by atoms with Crippen molar-refractivity contribution >= 4 is 22.2 Å². The molecule has 1 aromatic carbocycles. The fourth-order valence-electron chi connectivity index (χ4n) is 2.97. The summed E-state index contributed by atoms with van der Waals surface area (Å²) in [4.78, 5) is 20.0. The third kappa shape index (κ3) is 7.98. The highest BCUT2D eigenvalue weighted by atomic mass is 79.9. The second-order valence-corrected chi connectivity index (χ2v) is 7.56. The van der Waals surface area contributed by atoms with Crippen LogP contribution in [0.15, 0.2) is 53.4 Å². The first kappa shape index (κ1) is 23.1. The minimum atomic E-state index is -0.784. The Morgan fingerprint density at radius 3 is 2.83 bits per heavy atom. The SMILES string of the molecule is C=C(C=O)CCCOc1cc(Br)ncn1.CN1CC(F)CC1c1cccc(F)c1. The van der Waals surface area contributed by atoms with Gasteiger partial charge in [0.1, 0.15) is 29.2 Å². The summed E-state index contributed by atoms with van der Waals surface area (Å²) in [6.07, 6.45) is 3.27. The van der Waals surface area contributed by atoms with Crippen LogP contribution in [-0.4, -0.2) is 47.5 Å². The maximum Gasteiger partial charge on any atom is 0.217 e. The number of alkyl halides is 1. The summed E-state index contributed by atoms with van der Waals surface area (Å²) in [5.74, 6) is 0.270. The van der Waals surface area contributed by atoms with E-state index in [-0.39, 0.29) is 11.9 Å². The highest BCUT2D eigenvalue weighted by Gasteiger charge is 2.30. The lowest BCUT2D eigenvalue weighted by molar-refractivity contribution is -0.105. The fourth-order valence-corrected chi connectivity index (χ4v) is 3.26. The standard InChI is InChI=1S/C11H13F2N.C10H11BrN2O2/c1-14-7-10(13)6-11(14)8-3-2-4-9(12)5-8;1-8(6-14)3-2-4-15-10-5-9(11)12-7-13-10/h2-5,10-11H,6-7H2,1H3;5-7H,1-4H2. The molecule has 156 valence electrons. The summed E-state index contributed by atoms with van der Waals surface area (Å²) in [7, 11) is 1.87. The first-order chi connectivity index (χ1) is 13.9. The molecule has 2 aromatic rings. The summed E-state index contributed by atoms with van der Waals surface area (Å²) in [6, 6.07) is 8.13. The Kier molecular flexibility index (Phi) is 9.34. The summed E-state index contributed by atoms with van der Waals surface area (Å²) >= 11 is 3.21. The second-order valence-electron chi connectivity index (χ2n) is 6.75. The number of benzene rings is 1. The Balaban J connectivity index is 0.000000207. The van der Waals surface area contributed by atoms with Gasteiger partial charge in [-0.3, -0.25) is 9.69 Å². The molecule has 0 saturated carbocycles. The van der Waals surface area contributed by atoms with Gasteiger partial charge in [0.15, 0.2) is 0 Å². The lowest BCUT2D eigenvalue weighted by Gasteiger charge is -2.18. The Hall–Kier alpha value is -2.19. The maximum atomic E-state index is 13.1. The average molecular weight is 468 g/mol. The molecule has 29 heavy (non-hydrogen) atoms. The van der Waals surface area contributed by atoms with Gasteiger partial charge in [0.25, 0.3) is 0 Å². The summed E-state index contributed by atoms with van der Waals surface area (Å²) in [5.41, 5.74) is 1.45. The Bertz CT molecular complexity index is 822. The highest BCUT2D eigenvalue weighted by molar-refractivity contribution is 9.10. The number of rotatable bonds is 7. The Morgan fingerprint density at radius 2 is 2.21 bits per heavy atom. The third-order valence-electron chi connectivity index (χ3n) is 4.40. The van der Waals surface area contributed by atoms with Gasteiger partial charge >= 0.3 is 0 Å². The van der Waals surface area contributed by atoms with Crippen LogP contribution in [0.1, 0.15) is 30.9 Å². The second kappa shape index (κ2) is 11.7. The van der Waals surface area contributed by atoms with Gasteiger partial charge in [-0.2, -0.15) is 0 Å². The largest absolute Gasteiger partial charge is 0.478 e. The van der Waals surface area contributed by atoms with Gasteiger partial charge in [0.05, 0.1) is 6.61 Å². The predicted molar refractivity (Wildman–Crippen MR) is 111 cm³/mol. The molecule has 1 aromatic heterocycles. The zero-order valence-corrected chi connectivity index (χ0v) is 17.8. The third-order valence-corrected chi connectivity index (χ3v) is 4.83. The van der Waals surface area contributed by atoms with E-state index in [1.165, 1.54) is 18.5 Å². The van der Waals surface area contributed by atoms with E-state index in [2.05, 4.69) is 32.5 Å². The van der Waals surface area contributed by atoms with Crippen molar-refractivity contribution in [2.24, 2.45) is 0 Å². The molecule has 1 fully saturated rings. The van der Waals surface area contributed by atoms with Crippen LogP contribution >= 0.6 is 15.9 Å². The van der Waals surface area contributed by atoms with E-state index in [4.69, 9.17) is 4.74 Å². The monoisotopic (exact) mass is 467 g/mol. The number of carbonyl (C=O) groups is 1. The number of aromatic nitrogens is 2. The van der Waals surface area contributed by atoms with E-state index in [1.54, 1.807) is 12.1 Å². The van der Waals surface area contributed by atoms with E-state index >= 15 is 0 Å². The number of aldehydes is 1. The first-order valence-corrected chi connectivity index (χ1v) is 10.0. The predicted octanol–water partition coefficient (Wildman–Crippen LogP) is 4.69. The number of allylic oxidation sites excluding steroid dienone is 1. The average Bonchev–Trinajstić information content (AvgIpc) is 3.04. The normalized spacial score (nSPS) is 18.6. The van der Waals surface area contributed by atoms with Crippen molar-refractivity contribution in [1.29, 1.82) is 0 Å². The molecule has 2 heterocycles. The minimum Gasteiger partial charge on any atom is -0.478 e. The van der Waals surface area contributed by atoms with Crippen LogP contribution in [0, 0.1) is 5.82 Å². The zero-order chi connectivity index (χ0) is 21.2. The van der Waals surface area contributed by atoms with Crippen molar-refractivity contribution in [2.75, 3.05) is 20.2 Å². The molecule has 0 aliphatic carbocycles. The molecule has 2 atom stereocenters. The number of nitrogens with zero attached hydrogens (tertiary/aromatic N) is 3. The van der Waals surface area contributed by atoms with E-state index in [0.29, 0.717) is 42.0 Å². The number of hydrogen-bond donors (Lipinski definition) is 0. The van der Waals surface area contributed by atoms with Crippen molar-refractivity contribution in [2.45, 2.75) is 31.5 Å². The van der Waals surface area contributed by atoms with Crippen LogP contribution < -0.4 is 4.74 Å². The van der Waals surface area contributed by atoms with Gasteiger partial charge in [0, 0.05) is 18.7 Å². The van der Waals surface area contributed by atoms with Crippen LogP contribution in [0.3, 0.4) is 0 Å². The molecule has 2 unspecified atom stereocenters. The molecule has 0 radical (unpaired) electrons. The first-order valence-electron chi connectivity index (χ1n) is 9.22. The Morgan fingerprint density at radius 1 is 1.41 bits per heavy atom. The van der Waals surface area contributed by atoms with Gasteiger partial charge in [-0.25, -0.2) is 18.7 Å². The molecule has 1 aliphatic rings. The Labute approximate surface area is 177 Å². The molecule has 3 rings (SSSR count). The molecule has 1 aliphatic heterocycles. The molecule has 1 saturated heterocycles. The van der Waals surface area contributed by atoms with Crippen molar-refractivity contribution in [3.63, 3.8) is 0 Å². The number of ether oxygens (including phenoxy) is 1. The molecule has 0 bridgehead atoms. The minimum absolute atomic E-state index is 0.0284. The summed E-state index contributed by atoms with van der Waals surface area (Å²) in [6.45, 7) is 4.53. The van der Waals surface area contributed by atoms with Gasteiger partial charge in [-0.15, -0.1) is 0 Å². The lowest BCUT2D eigenvalue weighted by Crippen LogP contribution is -2.18. The molecule has 5 nitrogen and oxygen atoms in total. The van der Waals surface area contributed by atoms with Crippen LogP contribution in [0.4, 0.5) is 8.78 Å². The molecule has 0 N–H and O–H groups in total. The molecule has 8 heteroatoms. The van der Waals surface area contributed by atoms with Gasteiger partial charge in [-0.05, 0) is 65.5 Å². The number of hydrogen-bond acceptors (Lipinski definition) is 5. The number of likely N-dealkylation sites (tertiary alicyclic amines) is 1. The van der Waals surface area contributed by atoms with Gasteiger partial charge < -0.3 is 4.74 Å². The molecule has 0 amide bonds. The van der Waals surface area contributed by atoms with Gasteiger partial charge in [-0.1, -0.05) is 18.7 Å². The van der Waals surface area contributed by atoms with Crippen molar-refractivity contribution in [1.82, 2.24) is 14.9 Å². The van der Waals surface area contributed by atoms with E-state index < -0.39 is 6.17 Å². The van der Waals surface area contributed by atoms with Crippen molar-refractivity contribution in [3.8, 4) is 5.88 Å². The summed E-state index contributed by atoms with van der Waals surface area (Å²) in [5, 5.41) is 0. The zero-order valence-electron chi connectivity index (χ0n) is 16.2. The van der Waals surface area contributed by atoms with E-state index in [9.17, 15) is 13.6 Å². The smallest absolute Gasteiger partial charge is 0.217 e. The molecule has 0 spiro atoms. The van der Waals surface area contributed by atoms with Crippen molar-refractivity contribution in [3.05, 3.63) is 64.8 Å². The van der Waals surface area contributed by atoms with E-state index in [1.807, 2.05) is 18.0 Å². The number of halogens is 3. The lowest BCUT2D eigenvalue weighted by atomic mass is 10.0. The van der Waals surface area contributed by atoms with E-state index in [0.717, 1.165) is 18.3 Å². The van der Waals surface area contributed by atoms with Crippen LogP contribution in [0.5, 0.6) is 5.88 Å².